The molecule has 88 valence electrons. The monoisotopic (exact) mass is 229 g/mol. The zero-order valence-electron chi connectivity index (χ0n) is 10.1. The van der Waals surface area contributed by atoms with Gasteiger partial charge in [-0.2, -0.15) is 5.10 Å². The summed E-state index contributed by atoms with van der Waals surface area (Å²) in [6, 6.07) is 3.66. The van der Waals surface area contributed by atoms with E-state index in [1.165, 1.54) is 0 Å². The average Bonchev–Trinajstić information content (AvgIpc) is 2.77. The van der Waals surface area contributed by atoms with Gasteiger partial charge in [0.2, 0.25) is 0 Å². The molecule has 2 heterocycles. The van der Waals surface area contributed by atoms with E-state index in [9.17, 15) is 4.79 Å². The van der Waals surface area contributed by atoms with Gasteiger partial charge in [-0.15, -0.1) is 0 Å². The van der Waals surface area contributed by atoms with Crippen molar-refractivity contribution < 1.29 is 4.79 Å². The molecule has 0 unspecified atom stereocenters. The van der Waals surface area contributed by atoms with Gasteiger partial charge in [-0.1, -0.05) is 0 Å². The molecule has 2 aromatic heterocycles. The largest absolute Gasteiger partial charge is 0.294 e. The Morgan fingerprint density at radius 2 is 2.18 bits per heavy atom. The number of nitrogens with zero attached hydrogens (tertiary/aromatic N) is 3. The van der Waals surface area contributed by atoms with E-state index in [1.54, 1.807) is 12.4 Å². The highest BCUT2D eigenvalue weighted by atomic mass is 16.1. The maximum atomic E-state index is 11.9. The molecule has 2 rings (SSSR count). The lowest BCUT2D eigenvalue weighted by molar-refractivity contribution is 0.0992. The van der Waals surface area contributed by atoms with E-state index in [0.717, 1.165) is 17.8 Å². The van der Waals surface area contributed by atoms with Crippen molar-refractivity contribution in [3.63, 3.8) is 0 Å². The quantitative estimate of drug-likeness (QED) is 0.754. The highest BCUT2D eigenvalue weighted by molar-refractivity contribution is 5.97. The van der Waals surface area contributed by atoms with Crippen molar-refractivity contribution >= 4 is 5.78 Å². The number of carbonyl (C=O) groups excluding carboxylic acids is 1. The first kappa shape index (κ1) is 11.5. The summed E-state index contributed by atoms with van der Waals surface area (Å²) < 4.78 is 1.82. The highest BCUT2D eigenvalue weighted by Crippen LogP contribution is 2.07. The van der Waals surface area contributed by atoms with E-state index >= 15 is 0 Å². The predicted molar refractivity (Wildman–Crippen MR) is 64.9 cm³/mol. The smallest absolute Gasteiger partial charge is 0.168 e. The number of hydrogen-bond acceptors (Lipinski definition) is 3. The van der Waals surface area contributed by atoms with E-state index in [1.807, 2.05) is 36.9 Å². The molecule has 0 saturated carbocycles. The highest BCUT2D eigenvalue weighted by Gasteiger charge is 2.08. The van der Waals surface area contributed by atoms with Crippen molar-refractivity contribution in [2.45, 2.75) is 26.8 Å². The Kier molecular flexibility index (Phi) is 3.32. The van der Waals surface area contributed by atoms with Crippen LogP contribution in [-0.2, 0) is 13.0 Å². The van der Waals surface area contributed by atoms with Crippen LogP contribution in [0.3, 0.4) is 0 Å². The van der Waals surface area contributed by atoms with Crippen LogP contribution in [-0.4, -0.2) is 20.5 Å². The van der Waals surface area contributed by atoms with Gasteiger partial charge in [-0.25, -0.2) is 0 Å². The second-order valence-corrected chi connectivity index (χ2v) is 3.99. The summed E-state index contributed by atoms with van der Waals surface area (Å²) in [5, 5.41) is 4.14. The molecule has 0 bridgehead atoms. The number of aromatic nitrogens is 3. The third-order valence-corrected chi connectivity index (χ3v) is 2.61. The molecule has 4 nitrogen and oxygen atoms in total. The molecule has 0 aromatic carbocycles. The number of hydrogen-bond donors (Lipinski definition) is 0. The Morgan fingerprint density at radius 1 is 1.35 bits per heavy atom. The maximum Gasteiger partial charge on any atom is 0.168 e. The lowest BCUT2D eigenvalue weighted by Crippen LogP contribution is -2.03. The summed E-state index contributed by atoms with van der Waals surface area (Å²) in [6.45, 7) is 4.74. The number of Topliss-reactive ketones (excluding diaryl/α,β-unsaturated/α-hetero) is 1. The van der Waals surface area contributed by atoms with Crippen LogP contribution in [0, 0.1) is 6.92 Å². The van der Waals surface area contributed by atoms with Crippen molar-refractivity contribution in [3.8, 4) is 0 Å². The molecule has 2 aromatic rings. The molecule has 0 spiro atoms. The minimum absolute atomic E-state index is 0.0770. The fourth-order valence-electron chi connectivity index (χ4n) is 1.59. The summed E-state index contributed by atoms with van der Waals surface area (Å²) in [7, 11) is 0. The van der Waals surface area contributed by atoms with Gasteiger partial charge < -0.3 is 0 Å². The molecule has 0 saturated heterocycles. The Labute approximate surface area is 100 Å². The van der Waals surface area contributed by atoms with Crippen LogP contribution >= 0.6 is 0 Å². The number of carbonyl (C=O) groups is 1. The third-order valence-electron chi connectivity index (χ3n) is 2.61. The Morgan fingerprint density at radius 3 is 2.76 bits per heavy atom. The van der Waals surface area contributed by atoms with E-state index < -0.39 is 0 Å². The predicted octanol–water partition coefficient (Wildman–Crippen LogP) is 2.03. The Bertz CT molecular complexity index is 514. The minimum Gasteiger partial charge on any atom is -0.294 e. The fraction of sp³-hybridized carbons (Fsp3) is 0.308. The van der Waals surface area contributed by atoms with Crippen molar-refractivity contribution in [1.29, 1.82) is 0 Å². The SMILES string of the molecule is CCn1cc(CC(=O)c2ccc(C)nc2)cn1. The molecule has 4 heteroatoms. The van der Waals surface area contributed by atoms with Crippen LogP contribution in [0.5, 0.6) is 0 Å². The Balaban J connectivity index is 2.08. The Hall–Kier alpha value is -1.97. The summed E-state index contributed by atoms with van der Waals surface area (Å²) in [4.78, 5) is 16.1. The first-order valence-corrected chi connectivity index (χ1v) is 5.66. The lowest BCUT2D eigenvalue weighted by Gasteiger charge is -1.99. The molecule has 0 amide bonds. The number of pyridine rings is 1. The first-order valence-electron chi connectivity index (χ1n) is 5.66. The number of aryl methyl sites for hydroxylation is 2. The summed E-state index contributed by atoms with van der Waals surface area (Å²) in [5.74, 6) is 0.0770. The van der Waals surface area contributed by atoms with Crippen LogP contribution in [0.2, 0.25) is 0 Å². The molecule has 17 heavy (non-hydrogen) atoms. The normalized spacial score (nSPS) is 10.5. The molecule has 0 aliphatic rings. The second-order valence-electron chi connectivity index (χ2n) is 3.99. The van der Waals surface area contributed by atoms with Crippen molar-refractivity contribution in [3.05, 3.63) is 47.5 Å². The topological polar surface area (TPSA) is 47.8 Å². The number of ketones is 1. The van der Waals surface area contributed by atoms with Crippen LogP contribution in [0.15, 0.2) is 30.7 Å². The molecule has 0 radical (unpaired) electrons. The second kappa shape index (κ2) is 4.91. The molecule has 0 atom stereocenters. The van der Waals surface area contributed by atoms with Crippen LogP contribution < -0.4 is 0 Å². The maximum absolute atomic E-state index is 11.9. The van der Waals surface area contributed by atoms with Gasteiger partial charge in [0.1, 0.15) is 0 Å². The summed E-state index contributed by atoms with van der Waals surface area (Å²) >= 11 is 0. The van der Waals surface area contributed by atoms with Crippen LogP contribution in [0.4, 0.5) is 0 Å². The molecule has 0 N–H and O–H groups in total. The zero-order valence-corrected chi connectivity index (χ0v) is 10.1. The average molecular weight is 229 g/mol. The van der Waals surface area contributed by atoms with Gasteiger partial charge >= 0.3 is 0 Å². The van der Waals surface area contributed by atoms with Crippen molar-refractivity contribution in [1.82, 2.24) is 14.8 Å². The van der Waals surface area contributed by atoms with Crippen LogP contribution in [0.1, 0.15) is 28.5 Å². The first-order chi connectivity index (χ1) is 8.19. The van der Waals surface area contributed by atoms with Gasteiger partial charge in [0.15, 0.2) is 5.78 Å². The van der Waals surface area contributed by atoms with E-state index in [0.29, 0.717) is 12.0 Å². The van der Waals surface area contributed by atoms with E-state index in [-0.39, 0.29) is 5.78 Å². The van der Waals surface area contributed by atoms with Gasteiger partial charge in [0.25, 0.3) is 0 Å². The van der Waals surface area contributed by atoms with Gasteiger partial charge in [0.05, 0.1) is 6.20 Å². The van der Waals surface area contributed by atoms with Gasteiger partial charge in [-0.05, 0) is 31.5 Å². The molecular weight excluding hydrogens is 214 g/mol. The molecule has 0 aliphatic heterocycles. The van der Waals surface area contributed by atoms with Crippen molar-refractivity contribution in [2.75, 3.05) is 0 Å². The van der Waals surface area contributed by atoms with E-state index in [4.69, 9.17) is 0 Å². The molecule has 0 fully saturated rings. The summed E-state index contributed by atoms with van der Waals surface area (Å²) in [6.07, 6.45) is 5.65. The third kappa shape index (κ3) is 2.78. The lowest BCUT2D eigenvalue weighted by atomic mass is 10.1. The van der Waals surface area contributed by atoms with Crippen LogP contribution in [0.25, 0.3) is 0 Å². The van der Waals surface area contributed by atoms with E-state index in [2.05, 4.69) is 10.1 Å². The standard InChI is InChI=1S/C13H15N3O/c1-3-16-9-11(7-15-16)6-13(17)12-5-4-10(2)14-8-12/h4-5,7-9H,3,6H2,1-2H3. The van der Waals surface area contributed by atoms with Gasteiger partial charge in [0, 0.05) is 36.6 Å². The van der Waals surface area contributed by atoms with Gasteiger partial charge in [-0.3, -0.25) is 14.5 Å². The fourth-order valence-corrected chi connectivity index (χ4v) is 1.59. The number of rotatable bonds is 4. The minimum atomic E-state index is 0.0770. The molecular formula is C13H15N3O. The molecule has 0 aliphatic carbocycles. The van der Waals surface area contributed by atoms with Crippen molar-refractivity contribution in [2.24, 2.45) is 0 Å². The zero-order chi connectivity index (χ0) is 12.3. The summed E-state index contributed by atoms with van der Waals surface area (Å²) in [5.41, 5.74) is 2.51.